The Morgan fingerprint density at radius 3 is 2.44 bits per heavy atom. The van der Waals surface area contributed by atoms with Gasteiger partial charge in [-0.2, -0.15) is 0 Å². The lowest BCUT2D eigenvalue weighted by Crippen LogP contribution is -2.51. The maximum absolute atomic E-state index is 2.55. The van der Waals surface area contributed by atoms with Crippen LogP contribution in [0.2, 0.25) is 0 Å². The summed E-state index contributed by atoms with van der Waals surface area (Å²) < 4.78 is 0. The number of nitrogens with zero attached hydrogens (tertiary/aromatic N) is 3. The molecule has 2 heterocycles. The number of hydrogen-bond acceptors (Lipinski definition) is 3. The van der Waals surface area contributed by atoms with Gasteiger partial charge in [0.25, 0.3) is 0 Å². The average Bonchev–Trinajstić information content (AvgIpc) is 2.84. The molecule has 3 rings (SSSR count). The molecule has 0 radical (unpaired) electrons. The van der Waals surface area contributed by atoms with Crippen LogP contribution in [-0.2, 0) is 13.1 Å². The van der Waals surface area contributed by atoms with E-state index in [-0.39, 0.29) is 0 Å². The fourth-order valence-electron chi connectivity index (χ4n) is 3.11. The molecule has 0 N–H and O–H groups in total. The maximum Gasteiger partial charge on any atom is 0.0393 e. The molecule has 98 valence electrons. The summed E-state index contributed by atoms with van der Waals surface area (Å²) in [5.41, 5.74) is 4.52. The molecular formula is C15H23N3. The van der Waals surface area contributed by atoms with E-state index in [1.165, 1.54) is 43.9 Å². The number of benzene rings is 1. The van der Waals surface area contributed by atoms with Crippen molar-refractivity contribution in [2.75, 3.05) is 32.7 Å². The fourth-order valence-corrected chi connectivity index (χ4v) is 3.11. The van der Waals surface area contributed by atoms with Crippen molar-refractivity contribution < 1.29 is 0 Å². The van der Waals surface area contributed by atoms with E-state index in [1.54, 1.807) is 5.56 Å². The molecule has 1 saturated heterocycles. The molecule has 0 saturated carbocycles. The zero-order valence-corrected chi connectivity index (χ0v) is 11.5. The van der Waals surface area contributed by atoms with Crippen LogP contribution >= 0.6 is 0 Å². The summed E-state index contributed by atoms with van der Waals surface area (Å²) in [6, 6.07) is 6.70. The summed E-state index contributed by atoms with van der Waals surface area (Å²) in [6.07, 6.45) is 0. The van der Waals surface area contributed by atoms with Gasteiger partial charge >= 0.3 is 0 Å². The molecule has 0 bridgehead atoms. The van der Waals surface area contributed by atoms with Crippen LogP contribution in [0.4, 0.5) is 0 Å². The first-order valence-corrected chi connectivity index (χ1v) is 7.07. The Bertz CT molecular complexity index is 422. The van der Waals surface area contributed by atoms with Crippen molar-refractivity contribution in [1.29, 1.82) is 0 Å². The molecule has 1 aromatic carbocycles. The first-order chi connectivity index (χ1) is 8.78. The lowest BCUT2D eigenvalue weighted by molar-refractivity contribution is -0.0613. The van der Waals surface area contributed by atoms with Crippen molar-refractivity contribution in [1.82, 2.24) is 14.9 Å². The standard InChI is InChI=1S/C15H23N3/c1-3-16-7-9-17(10-8-16)18-11-14-6-4-5-13(2)15(14)12-18/h4-6H,3,7-12H2,1-2H3. The average molecular weight is 245 g/mol. The van der Waals surface area contributed by atoms with Crippen molar-refractivity contribution >= 4 is 0 Å². The number of hydrogen-bond donors (Lipinski definition) is 0. The van der Waals surface area contributed by atoms with Gasteiger partial charge in [-0.05, 0) is 30.2 Å². The van der Waals surface area contributed by atoms with Crippen LogP contribution in [0.1, 0.15) is 23.6 Å². The largest absolute Gasteiger partial charge is 0.301 e. The number of fused-ring (bicyclic) bond motifs is 1. The van der Waals surface area contributed by atoms with Crippen molar-refractivity contribution in [3.63, 3.8) is 0 Å². The van der Waals surface area contributed by atoms with Crippen molar-refractivity contribution in [3.8, 4) is 0 Å². The van der Waals surface area contributed by atoms with Crippen LogP contribution in [0.5, 0.6) is 0 Å². The van der Waals surface area contributed by atoms with Crippen LogP contribution in [0.3, 0.4) is 0 Å². The van der Waals surface area contributed by atoms with Gasteiger partial charge in [-0.25, -0.2) is 10.0 Å². The van der Waals surface area contributed by atoms with E-state index < -0.39 is 0 Å². The molecule has 18 heavy (non-hydrogen) atoms. The normalized spacial score (nSPS) is 22.3. The number of likely N-dealkylation sites (N-methyl/N-ethyl adjacent to an activating group) is 1. The highest BCUT2D eigenvalue weighted by atomic mass is 15.6. The summed E-state index contributed by atoms with van der Waals surface area (Å²) in [4.78, 5) is 2.53. The highest BCUT2D eigenvalue weighted by Gasteiger charge is 2.27. The van der Waals surface area contributed by atoms with Gasteiger partial charge in [0.1, 0.15) is 0 Å². The van der Waals surface area contributed by atoms with Gasteiger partial charge < -0.3 is 4.90 Å². The third-order valence-corrected chi connectivity index (χ3v) is 4.40. The highest BCUT2D eigenvalue weighted by Crippen LogP contribution is 2.27. The highest BCUT2D eigenvalue weighted by molar-refractivity contribution is 5.36. The summed E-state index contributed by atoms with van der Waals surface area (Å²) in [6.45, 7) is 12.7. The second kappa shape index (κ2) is 5.00. The second-order valence-corrected chi connectivity index (χ2v) is 5.42. The molecule has 0 spiro atoms. The van der Waals surface area contributed by atoms with E-state index in [4.69, 9.17) is 0 Å². The Morgan fingerprint density at radius 2 is 1.78 bits per heavy atom. The van der Waals surface area contributed by atoms with Crippen LogP contribution in [0.15, 0.2) is 18.2 Å². The van der Waals surface area contributed by atoms with E-state index in [2.05, 4.69) is 47.0 Å². The molecule has 3 heteroatoms. The number of aryl methyl sites for hydroxylation is 1. The summed E-state index contributed by atoms with van der Waals surface area (Å²) in [5.74, 6) is 0. The molecular weight excluding hydrogens is 222 g/mol. The Kier molecular flexibility index (Phi) is 3.37. The molecule has 0 amide bonds. The van der Waals surface area contributed by atoms with E-state index in [1.807, 2.05) is 0 Å². The predicted octanol–water partition coefficient (Wildman–Crippen LogP) is 1.86. The molecule has 1 aromatic rings. The molecule has 2 aliphatic rings. The van der Waals surface area contributed by atoms with Crippen LogP contribution in [0, 0.1) is 6.92 Å². The van der Waals surface area contributed by atoms with Crippen molar-refractivity contribution in [3.05, 3.63) is 34.9 Å². The maximum atomic E-state index is 2.55. The van der Waals surface area contributed by atoms with Gasteiger partial charge in [0.2, 0.25) is 0 Å². The molecule has 0 aliphatic carbocycles. The monoisotopic (exact) mass is 245 g/mol. The lowest BCUT2D eigenvalue weighted by Gasteiger charge is -2.39. The SMILES string of the molecule is CCN1CCN(N2Cc3cccc(C)c3C2)CC1. The van der Waals surface area contributed by atoms with Crippen molar-refractivity contribution in [2.24, 2.45) is 0 Å². The number of rotatable bonds is 2. The van der Waals surface area contributed by atoms with Gasteiger partial charge in [-0.1, -0.05) is 25.1 Å². The minimum Gasteiger partial charge on any atom is -0.301 e. The summed E-state index contributed by atoms with van der Waals surface area (Å²) in [7, 11) is 0. The van der Waals surface area contributed by atoms with Gasteiger partial charge in [0.15, 0.2) is 0 Å². The van der Waals surface area contributed by atoms with Crippen molar-refractivity contribution in [2.45, 2.75) is 26.9 Å². The van der Waals surface area contributed by atoms with Gasteiger partial charge in [-0.15, -0.1) is 0 Å². The molecule has 0 aromatic heterocycles. The van der Waals surface area contributed by atoms with Gasteiger partial charge in [-0.3, -0.25) is 0 Å². The van der Waals surface area contributed by atoms with Crippen LogP contribution in [0.25, 0.3) is 0 Å². The zero-order chi connectivity index (χ0) is 12.5. The minimum atomic E-state index is 1.10. The Hall–Kier alpha value is -0.900. The number of piperazine rings is 1. The van der Waals surface area contributed by atoms with E-state index in [0.717, 1.165) is 13.1 Å². The van der Waals surface area contributed by atoms with Crippen LogP contribution in [-0.4, -0.2) is 47.6 Å². The Balaban J connectivity index is 1.66. The third kappa shape index (κ3) is 2.18. The van der Waals surface area contributed by atoms with Gasteiger partial charge in [0, 0.05) is 39.3 Å². The van der Waals surface area contributed by atoms with E-state index >= 15 is 0 Å². The zero-order valence-electron chi connectivity index (χ0n) is 11.5. The summed E-state index contributed by atoms with van der Waals surface area (Å²) >= 11 is 0. The second-order valence-electron chi connectivity index (χ2n) is 5.42. The van der Waals surface area contributed by atoms with E-state index in [9.17, 15) is 0 Å². The smallest absolute Gasteiger partial charge is 0.0393 e. The fraction of sp³-hybridized carbons (Fsp3) is 0.600. The number of hydrazine groups is 1. The molecule has 3 nitrogen and oxygen atoms in total. The Morgan fingerprint density at radius 1 is 1.00 bits per heavy atom. The Labute approximate surface area is 110 Å². The predicted molar refractivity (Wildman–Crippen MR) is 74.1 cm³/mol. The lowest BCUT2D eigenvalue weighted by atomic mass is 10.1. The van der Waals surface area contributed by atoms with E-state index in [0.29, 0.717) is 0 Å². The molecule has 0 atom stereocenters. The quantitative estimate of drug-likeness (QED) is 0.787. The molecule has 0 unspecified atom stereocenters. The first kappa shape index (κ1) is 12.2. The minimum absolute atomic E-state index is 1.10. The topological polar surface area (TPSA) is 9.72 Å². The molecule has 2 aliphatic heterocycles. The third-order valence-electron chi connectivity index (χ3n) is 4.40. The molecule has 1 fully saturated rings. The van der Waals surface area contributed by atoms with Gasteiger partial charge in [0.05, 0.1) is 0 Å². The first-order valence-electron chi connectivity index (χ1n) is 7.07. The van der Waals surface area contributed by atoms with Crippen LogP contribution < -0.4 is 0 Å². The summed E-state index contributed by atoms with van der Waals surface area (Å²) in [5, 5.41) is 5.08.